The second-order valence-electron chi connectivity index (χ2n) is 6.20. The number of rotatable bonds is 3. The van der Waals surface area contributed by atoms with Crippen molar-refractivity contribution in [2.45, 2.75) is 25.0 Å². The van der Waals surface area contributed by atoms with Gasteiger partial charge in [-0.25, -0.2) is 9.97 Å². The van der Waals surface area contributed by atoms with Gasteiger partial charge in [-0.3, -0.25) is 4.79 Å². The lowest BCUT2D eigenvalue weighted by Crippen LogP contribution is -2.51. The van der Waals surface area contributed by atoms with Crippen molar-refractivity contribution in [2.75, 3.05) is 37.6 Å². The van der Waals surface area contributed by atoms with E-state index in [1.54, 1.807) is 17.7 Å². The molecule has 0 aromatic carbocycles. The molecule has 0 radical (unpaired) electrons. The number of thiophene rings is 1. The van der Waals surface area contributed by atoms with E-state index >= 15 is 0 Å². The first-order chi connectivity index (χ1) is 11.8. The molecule has 0 saturated carbocycles. The number of nitrogens with two attached hydrogens (primary N) is 1. The predicted molar refractivity (Wildman–Crippen MR) is 108 cm³/mol. The number of amides is 1. The standard InChI is InChI=1S/C16H21N5O2S.2ClH/c17-9-11-1-2-13(23-11)16(22)21-6-4-20(5-7-21)15-14-12(3-8-24-14)18-10-19-15;;/h3,8,10-11,13H,1-2,4-7,9,17H2;2*1H/t11-,13+;;/m1../s1. The largest absolute Gasteiger partial charge is 0.364 e. The van der Waals surface area contributed by atoms with E-state index in [1.807, 2.05) is 16.3 Å². The smallest absolute Gasteiger partial charge is 0.251 e. The van der Waals surface area contributed by atoms with Crippen molar-refractivity contribution < 1.29 is 9.53 Å². The average molecular weight is 420 g/mol. The Hall–Kier alpha value is -1.19. The van der Waals surface area contributed by atoms with Crippen molar-refractivity contribution in [3.05, 3.63) is 17.8 Å². The van der Waals surface area contributed by atoms with Crippen LogP contribution in [0, 0.1) is 0 Å². The minimum atomic E-state index is -0.312. The second-order valence-corrected chi connectivity index (χ2v) is 7.12. The normalized spacial score (nSPS) is 22.8. The molecule has 0 aliphatic carbocycles. The first-order valence-corrected chi connectivity index (χ1v) is 9.21. The molecular formula is C16H23Cl2N5O2S. The Labute approximate surface area is 168 Å². The molecule has 2 saturated heterocycles. The third kappa shape index (κ3) is 4.04. The summed E-state index contributed by atoms with van der Waals surface area (Å²) < 4.78 is 6.85. The van der Waals surface area contributed by atoms with Crippen LogP contribution in [0.2, 0.25) is 0 Å². The number of hydrogen-bond donors (Lipinski definition) is 1. The van der Waals surface area contributed by atoms with Crippen molar-refractivity contribution in [1.29, 1.82) is 0 Å². The van der Waals surface area contributed by atoms with Gasteiger partial charge in [0.05, 0.1) is 16.3 Å². The Morgan fingerprint density at radius 2 is 2.00 bits per heavy atom. The van der Waals surface area contributed by atoms with Gasteiger partial charge in [0.15, 0.2) is 0 Å². The van der Waals surface area contributed by atoms with Gasteiger partial charge in [0, 0.05) is 32.7 Å². The third-order valence-electron chi connectivity index (χ3n) is 4.76. The molecule has 4 rings (SSSR count). The van der Waals surface area contributed by atoms with Gasteiger partial charge in [0.25, 0.3) is 5.91 Å². The molecule has 2 aromatic rings. The van der Waals surface area contributed by atoms with Crippen LogP contribution in [0.5, 0.6) is 0 Å². The highest BCUT2D eigenvalue weighted by Crippen LogP contribution is 2.29. The van der Waals surface area contributed by atoms with Gasteiger partial charge in [0.2, 0.25) is 0 Å². The maximum atomic E-state index is 12.6. The highest BCUT2D eigenvalue weighted by Gasteiger charge is 2.34. The maximum Gasteiger partial charge on any atom is 0.251 e. The fraction of sp³-hybridized carbons (Fsp3) is 0.562. The van der Waals surface area contributed by atoms with Crippen LogP contribution in [0.3, 0.4) is 0 Å². The van der Waals surface area contributed by atoms with E-state index < -0.39 is 0 Å². The van der Waals surface area contributed by atoms with E-state index in [2.05, 4.69) is 14.9 Å². The van der Waals surface area contributed by atoms with Crippen LogP contribution < -0.4 is 10.6 Å². The van der Waals surface area contributed by atoms with Gasteiger partial charge in [-0.1, -0.05) is 0 Å². The second kappa shape index (κ2) is 9.14. The van der Waals surface area contributed by atoms with E-state index in [4.69, 9.17) is 10.5 Å². The summed E-state index contributed by atoms with van der Waals surface area (Å²) in [6.45, 7) is 3.44. The zero-order chi connectivity index (χ0) is 16.5. The highest BCUT2D eigenvalue weighted by atomic mass is 35.5. The van der Waals surface area contributed by atoms with Crippen molar-refractivity contribution in [3.8, 4) is 0 Å². The van der Waals surface area contributed by atoms with Gasteiger partial charge in [-0.2, -0.15) is 0 Å². The van der Waals surface area contributed by atoms with Gasteiger partial charge < -0.3 is 20.3 Å². The fourth-order valence-corrected chi connectivity index (χ4v) is 4.27. The summed E-state index contributed by atoms with van der Waals surface area (Å²) in [6, 6.07) is 2.01. The number of hydrogen-bond acceptors (Lipinski definition) is 7. The van der Waals surface area contributed by atoms with Crippen LogP contribution >= 0.6 is 36.2 Å². The molecule has 10 heteroatoms. The molecule has 0 unspecified atom stereocenters. The van der Waals surface area contributed by atoms with Crippen LogP contribution in [0.1, 0.15) is 12.8 Å². The van der Waals surface area contributed by atoms with Crippen molar-refractivity contribution in [2.24, 2.45) is 5.73 Å². The molecule has 2 aliphatic rings. The summed E-state index contributed by atoms with van der Waals surface area (Å²) in [5.41, 5.74) is 6.61. The summed E-state index contributed by atoms with van der Waals surface area (Å²) in [6.07, 6.45) is 3.00. The van der Waals surface area contributed by atoms with Gasteiger partial charge in [-0.15, -0.1) is 36.2 Å². The van der Waals surface area contributed by atoms with E-state index in [0.29, 0.717) is 19.6 Å². The van der Waals surface area contributed by atoms with Crippen LogP contribution in [0.4, 0.5) is 5.82 Å². The summed E-state index contributed by atoms with van der Waals surface area (Å²) in [5, 5.41) is 2.04. The molecule has 7 nitrogen and oxygen atoms in total. The van der Waals surface area contributed by atoms with Crippen molar-refractivity contribution in [1.82, 2.24) is 14.9 Å². The number of fused-ring (bicyclic) bond motifs is 1. The van der Waals surface area contributed by atoms with Crippen molar-refractivity contribution in [3.63, 3.8) is 0 Å². The lowest BCUT2D eigenvalue weighted by molar-refractivity contribution is -0.143. The summed E-state index contributed by atoms with van der Waals surface area (Å²) in [5.74, 6) is 1.08. The number of halogens is 2. The molecule has 0 spiro atoms. The molecule has 2 atom stereocenters. The van der Waals surface area contributed by atoms with Gasteiger partial charge in [-0.05, 0) is 24.3 Å². The Balaban J connectivity index is 0.00000121. The van der Waals surface area contributed by atoms with Crippen LogP contribution in [-0.4, -0.2) is 65.7 Å². The Morgan fingerprint density at radius 3 is 2.69 bits per heavy atom. The van der Waals surface area contributed by atoms with E-state index in [-0.39, 0.29) is 42.9 Å². The monoisotopic (exact) mass is 419 g/mol. The molecule has 144 valence electrons. The average Bonchev–Trinajstić information content (AvgIpc) is 3.30. The van der Waals surface area contributed by atoms with E-state index in [9.17, 15) is 4.79 Å². The third-order valence-corrected chi connectivity index (χ3v) is 5.66. The Bertz CT molecular complexity index is 738. The predicted octanol–water partition coefficient (Wildman–Crippen LogP) is 1.69. The summed E-state index contributed by atoms with van der Waals surface area (Å²) >= 11 is 1.66. The molecule has 1 amide bonds. The molecule has 4 heterocycles. The SMILES string of the molecule is Cl.Cl.NC[C@H]1CC[C@@H](C(=O)N2CCN(c3ncnc4ccsc34)CC2)O1. The van der Waals surface area contributed by atoms with Crippen LogP contribution in [-0.2, 0) is 9.53 Å². The van der Waals surface area contributed by atoms with Crippen LogP contribution in [0.15, 0.2) is 17.8 Å². The minimum Gasteiger partial charge on any atom is -0.364 e. The number of nitrogens with zero attached hydrogens (tertiary/aromatic N) is 4. The molecule has 2 aromatic heterocycles. The topological polar surface area (TPSA) is 84.6 Å². The first kappa shape index (κ1) is 21.1. The molecule has 2 N–H and O–H groups in total. The first-order valence-electron chi connectivity index (χ1n) is 8.33. The fourth-order valence-electron chi connectivity index (χ4n) is 3.40. The minimum absolute atomic E-state index is 0. The number of carbonyl (C=O) groups is 1. The molecule has 0 bridgehead atoms. The molecule has 2 fully saturated rings. The maximum absolute atomic E-state index is 12.6. The Morgan fingerprint density at radius 1 is 1.23 bits per heavy atom. The lowest BCUT2D eigenvalue weighted by Gasteiger charge is -2.36. The molecule has 2 aliphatic heterocycles. The highest BCUT2D eigenvalue weighted by molar-refractivity contribution is 7.17. The number of anilines is 1. The number of ether oxygens (including phenoxy) is 1. The Kier molecular flexibility index (Phi) is 7.42. The zero-order valence-corrected chi connectivity index (χ0v) is 16.7. The number of aromatic nitrogens is 2. The van der Waals surface area contributed by atoms with E-state index in [0.717, 1.165) is 42.0 Å². The van der Waals surface area contributed by atoms with Crippen LogP contribution in [0.25, 0.3) is 10.2 Å². The molecule has 26 heavy (non-hydrogen) atoms. The van der Waals surface area contributed by atoms with Crippen molar-refractivity contribution >= 4 is 58.1 Å². The summed E-state index contributed by atoms with van der Waals surface area (Å²) in [4.78, 5) is 25.5. The lowest BCUT2D eigenvalue weighted by atomic mass is 10.1. The quantitative estimate of drug-likeness (QED) is 0.814. The number of piperazine rings is 1. The zero-order valence-electron chi connectivity index (χ0n) is 14.2. The van der Waals surface area contributed by atoms with Gasteiger partial charge in [0.1, 0.15) is 18.2 Å². The van der Waals surface area contributed by atoms with Gasteiger partial charge >= 0.3 is 0 Å². The summed E-state index contributed by atoms with van der Waals surface area (Å²) in [7, 11) is 0. The van der Waals surface area contributed by atoms with E-state index in [1.165, 1.54) is 0 Å². The number of carbonyl (C=O) groups excluding carboxylic acids is 1. The molecular weight excluding hydrogens is 397 g/mol.